The van der Waals surface area contributed by atoms with E-state index in [1.165, 1.54) is 16.4 Å². The summed E-state index contributed by atoms with van der Waals surface area (Å²) in [6, 6.07) is 15.0. The molecule has 1 aliphatic heterocycles. The number of ether oxygens (including phenoxy) is 1. The maximum absolute atomic E-state index is 12.6. The van der Waals surface area contributed by atoms with Crippen molar-refractivity contribution in [1.82, 2.24) is 9.29 Å². The number of anilines is 1. The molecule has 4 rings (SSSR count). The molecule has 29 heavy (non-hydrogen) atoms. The van der Waals surface area contributed by atoms with Gasteiger partial charge in [0.25, 0.3) is 15.9 Å². The van der Waals surface area contributed by atoms with E-state index >= 15 is 0 Å². The molecule has 150 valence electrons. The quantitative estimate of drug-likeness (QED) is 0.664. The van der Waals surface area contributed by atoms with Gasteiger partial charge in [-0.1, -0.05) is 18.2 Å². The minimum absolute atomic E-state index is 0.114. The number of nitrogens with one attached hydrogen (secondary N) is 1. The van der Waals surface area contributed by atoms with E-state index in [4.69, 9.17) is 9.15 Å². The molecule has 1 N–H and O–H groups in total. The number of rotatable bonds is 6. The zero-order chi connectivity index (χ0) is 20.3. The van der Waals surface area contributed by atoms with Gasteiger partial charge in [0.2, 0.25) is 11.0 Å². The van der Waals surface area contributed by atoms with Gasteiger partial charge < -0.3 is 14.5 Å². The smallest absolute Gasteiger partial charge is 0.291 e. The lowest BCUT2D eigenvalue weighted by Gasteiger charge is -2.12. The fourth-order valence-corrected chi connectivity index (χ4v) is 4.42. The van der Waals surface area contributed by atoms with Crippen molar-refractivity contribution >= 4 is 21.6 Å². The van der Waals surface area contributed by atoms with Gasteiger partial charge in [-0.3, -0.25) is 4.79 Å². The summed E-state index contributed by atoms with van der Waals surface area (Å²) in [7, 11) is -3.72. The maximum Gasteiger partial charge on any atom is 0.291 e. The lowest BCUT2D eigenvalue weighted by molar-refractivity contribution is 0.0991. The molecular formula is C20H19N3O5S. The number of carbonyl (C=O) groups excluding carboxylic acids is 1. The van der Waals surface area contributed by atoms with E-state index < -0.39 is 15.9 Å². The van der Waals surface area contributed by atoms with Crippen LogP contribution in [0.5, 0.6) is 11.6 Å². The number of hydrogen-bond acceptors (Lipinski definition) is 6. The van der Waals surface area contributed by atoms with Gasteiger partial charge in [0.1, 0.15) is 11.4 Å². The Morgan fingerprint density at radius 3 is 2.55 bits per heavy atom. The Morgan fingerprint density at radius 1 is 1.03 bits per heavy atom. The lowest BCUT2D eigenvalue weighted by atomic mass is 10.3. The fraction of sp³-hybridized carbons (Fsp3) is 0.200. The van der Waals surface area contributed by atoms with Crippen molar-refractivity contribution in [1.29, 1.82) is 0 Å². The van der Waals surface area contributed by atoms with Crippen LogP contribution in [-0.4, -0.2) is 36.7 Å². The van der Waals surface area contributed by atoms with Gasteiger partial charge in [-0.25, -0.2) is 13.4 Å². The first kappa shape index (κ1) is 19.2. The highest BCUT2D eigenvalue weighted by Gasteiger charge is 2.30. The SMILES string of the molecule is O=C(Nc1cccnc1Oc1ccccc1)c1ccc(S(=O)(=O)N2CCCC2)o1. The number of benzene rings is 1. The molecule has 0 atom stereocenters. The number of pyridine rings is 1. The number of amides is 1. The van der Waals surface area contributed by atoms with E-state index in [2.05, 4.69) is 10.3 Å². The minimum Gasteiger partial charge on any atom is -0.438 e. The number of hydrogen-bond donors (Lipinski definition) is 1. The van der Waals surface area contributed by atoms with Crippen molar-refractivity contribution in [3.63, 3.8) is 0 Å². The Balaban J connectivity index is 1.51. The molecule has 1 aromatic carbocycles. The molecule has 0 spiro atoms. The normalized spacial score (nSPS) is 14.6. The van der Waals surface area contributed by atoms with E-state index in [1.807, 2.05) is 18.2 Å². The second-order valence-corrected chi connectivity index (χ2v) is 8.32. The van der Waals surface area contributed by atoms with Gasteiger partial charge in [-0.05, 0) is 49.2 Å². The molecule has 2 aromatic heterocycles. The van der Waals surface area contributed by atoms with Gasteiger partial charge in [0.05, 0.1) is 0 Å². The Bertz CT molecular complexity index is 1110. The van der Waals surface area contributed by atoms with Gasteiger partial charge in [0.15, 0.2) is 5.76 Å². The molecule has 0 bridgehead atoms. The summed E-state index contributed by atoms with van der Waals surface area (Å²) in [5, 5.41) is 2.41. The summed E-state index contributed by atoms with van der Waals surface area (Å²) in [5.74, 6) is 0.0678. The van der Waals surface area contributed by atoms with Crippen molar-refractivity contribution in [2.24, 2.45) is 0 Å². The first-order valence-electron chi connectivity index (χ1n) is 9.13. The average molecular weight is 413 g/mol. The number of sulfonamides is 1. The summed E-state index contributed by atoms with van der Waals surface area (Å²) < 4.78 is 37.5. The number of para-hydroxylation sites is 1. The maximum atomic E-state index is 12.6. The summed E-state index contributed by atoms with van der Waals surface area (Å²) in [4.78, 5) is 16.7. The van der Waals surface area contributed by atoms with Crippen LogP contribution in [0, 0.1) is 0 Å². The average Bonchev–Trinajstić information content (AvgIpc) is 3.43. The van der Waals surface area contributed by atoms with E-state index in [9.17, 15) is 13.2 Å². The molecule has 1 amide bonds. The Kier molecular flexibility index (Phi) is 5.32. The van der Waals surface area contributed by atoms with Crippen LogP contribution >= 0.6 is 0 Å². The Morgan fingerprint density at radius 2 is 1.79 bits per heavy atom. The third kappa shape index (κ3) is 4.15. The van der Waals surface area contributed by atoms with Crippen molar-refractivity contribution in [2.75, 3.05) is 18.4 Å². The summed E-state index contributed by atoms with van der Waals surface area (Å²) in [6.45, 7) is 0.918. The van der Waals surface area contributed by atoms with Crippen molar-refractivity contribution in [2.45, 2.75) is 17.9 Å². The fourth-order valence-electron chi connectivity index (χ4n) is 2.99. The molecule has 0 radical (unpaired) electrons. The molecule has 0 aliphatic carbocycles. The molecule has 9 heteroatoms. The molecule has 1 saturated heterocycles. The number of aromatic nitrogens is 1. The van der Waals surface area contributed by atoms with E-state index in [0.717, 1.165) is 12.8 Å². The van der Waals surface area contributed by atoms with E-state index in [-0.39, 0.29) is 16.7 Å². The van der Waals surface area contributed by atoms with Crippen molar-refractivity contribution in [3.8, 4) is 11.6 Å². The number of carbonyl (C=O) groups is 1. The highest BCUT2D eigenvalue weighted by molar-refractivity contribution is 7.89. The van der Waals surface area contributed by atoms with Gasteiger partial charge in [-0.2, -0.15) is 4.31 Å². The second-order valence-electron chi connectivity index (χ2n) is 6.46. The third-order valence-corrected chi connectivity index (χ3v) is 6.21. The van der Waals surface area contributed by atoms with Gasteiger partial charge >= 0.3 is 0 Å². The molecule has 1 aliphatic rings. The summed E-state index contributed by atoms with van der Waals surface area (Å²) in [6.07, 6.45) is 3.18. The topological polar surface area (TPSA) is 102 Å². The van der Waals surface area contributed by atoms with Crippen LogP contribution in [0.15, 0.2) is 70.3 Å². The third-order valence-electron chi connectivity index (χ3n) is 4.44. The van der Waals surface area contributed by atoms with Crippen LogP contribution < -0.4 is 10.1 Å². The predicted molar refractivity (Wildman–Crippen MR) is 105 cm³/mol. The molecular weight excluding hydrogens is 394 g/mol. The van der Waals surface area contributed by atoms with Crippen LogP contribution in [0.1, 0.15) is 23.4 Å². The highest BCUT2D eigenvalue weighted by Crippen LogP contribution is 2.28. The first-order valence-corrected chi connectivity index (χ1v) is 10.6. The molecule has 3 heterocycles. The van der Waals surface area contributed by atoms with Crippen molar-refractivity contribution in [3.05, 3.63) is 66.6 Å². The predicted octanol–water partition coefficient (Wildman–Crippen LogP) is 3.50. The first-order chi connectivity index (χ1) is 14.0. The Hall–Kier alpha value is -3.17. The van der Waals surface area contributed by atoms with Crippen LogP contribution in [-0.2, 0) is 10.0 Å². The zero-order valence-electron chi connectivity index (χ0n) is 15.4. The van der Waals surface area contributed by atoms with E-state index in [1.54, 1.807) is 30.5 Å². The largest absolute Gasteiger partial charge is 0.438 e. The lowest BCUT2D eigenvalue weighted by Crippen LogP contribution is -2.27. The molecule has 3 aromatic rings. The minimum atomic E-state index is -3.72. The van der Waals surface area contributed by atoms with Crippen LogP contribution in [0.25, 0.3) is 0 Å². The molecule has 0 unspecified atom stereocenters. The Labute approximate surface area is 168 Å². The number of furan rings is 1. The number of nitrogens with zero attached hydrogens (tertiary/aromatic N) is 2. The molecule has 1 fully saturated rings. The van der Waals surface area contributed by atoms with Gasteiger partial charge in [-0.15, -0.1) is 0 Å². The monoisotopic (exact) mass is 413 g/mol. The summed E-state index contributed by atoms with van der Waals surface area (Å²) in [5.41, 5.74) is 0.335. The molecule has 8 nitrogen and oxygen atoms in total. The van der Waals surface area contributed by atoms with Crippen LogP contribution in [0.4, 0.5) is 5.69 Å². The van der Waals surface area contributed by atoms with E-state index in [0.29, 0.717) is 24.5 Å². The summed E-state index contributed by atoms with van der Waals surface area (Å²) >= 11 is 0. The zero-order valence-corrected chi connectivity index (χ0v) is 16.3. The van der Waals surface area contributed by atoms with Crippen LogP contribution in [0.3, 0.4) is 0 Å². The van der Waals surface area contributed by atoms with Gasteiger partial charge in [0, 0.05) is 19.3 Å². The van der Waals surface area contributed by atoms with Crippen LogP contribution in [0.2, 0.25) is 0 Å². The second kappa shape index (κ2) is 8.06. The highest BCUT2D eigenvalue weighted by atomic mass is 32.2. The standard InChI is InChI=1S/C20H19N3O5S/c24-19(17-10-11-18(28-17)29(25,26)23-13-4-5-14-23)22-16-9-6-12-21-20(16)27-15-7-2-1-3-8-15/h1-3,6-12H,4-5,13-14H2,(H,22,24). The molecule has 0 saturated carbocycles. The van der Waals surface area contributed by atoms with Crippen molar-refractivity contribution < 1.29 is 22.4 Å².